The molecular formula is C13H19N3O2. The van der Waals surface area contributed by atoms with Crippen LogP contribution >= 0.6 is 0 Å². The summed E-state index contributed by atoms with van der Waals surface area (Å²) in [5, 5.41) is 6.27. The molecule has 5 nitrogen and oxygen atoms in total. The summed E-state index contributed by atoms with van der Waals surface area (Å²) in [5.74, 6) is -0.122. The molecule has 2 heterocycles. The number of carbonyl (C=O) groups is 2. The number of amides is 1. The second-order valence-corrected chi connectivity index (χ2v) is 4.78. The molecule has 2 rings (SSSR count). The van der Waals surface area contributed by atoms with Crippen molar-refractivity contribution in [1.82, 2.24) is 15.2 Å². The van der Waals surface area contributed by atoms with Gasteiger partial charge in [-0.15, -0.1) is 0 Å². The minimum absolute atomic E-state index is 0.0217. The Hall–Kier alpha value is -1.62. The second kappa shape index (κ2) is 5.35. The molecule has 98 valence electrons. The fourth-order valence-corrected chi connectivity index (χ4v) is 2.21. The van der Waals surface area contributed by atoms with Gasteiger partial charge in [-0.2, -0.15) is 0 Å². The summed E-state index contributed by atoms with van der Waals surface area (Å²) in [6.07, 6.45) is 3.60. The zero-order chi connectivity index (χ0) is 13.1. The van der Waals surface area contributed by atoms with Crippen molar-refractivity contribution in [2.75, 3.05) is 13.1 Å². The minimum Gasteiger partial charge on any atom is -0.348 e. The van der Waals surface area contributed by atoms with E-state index in [0.29, 0.717) is 11.3 Å². The van der Waals surface area contributed by atoms with Gasteiger partial charge in [-0.1, -0.05) is 0 Å². The van der Waals surface area contributed by atoms with E-state index in [4.69, 9.17) is 0 Å². The maximum Gasteiger partial charge on any atom is 0.268 e. The van der Waals surface area contributed by atoms with Gasteiger partial charge in [0.25, 0.3) is 5.91 Å². The number of nitrogens with zero attached hydrogens (tertiary/aromatic N) is 1. The summed E-state index contributed by atoms with van der Waals surface area (Å²) in [4.78, 5) is 23.4. The van der Waals surface area contributed by atoms with Crippen LogP contribution in [-0.4, -0.2) is 35.4 Å². The van der Waals surface area contributed by atoms with Gasteiger partial charge in [-0.3, -0.25) is 9.59 Å². The Labute approximate surface area is 107 Å². The van der Waals surface area contributed by atoms with E-state index < -0.39 is 0 Å². The highest BCUT2D eigenvalue weighted by Crippen LogP contribution is 2.10. The predicted octanol–water partition coefficient (Wildman–Crippen LogP) is 0.709. The number of carbonyl (C=O) groups excluding carboxylic acids is 2. The first-order valence-electron chi connectivity index (χ1n) is 6.27. The molecule has 0 aliphatic carbocycles. The van der Waals surface area contributed by atoms with Crippen molar-refractivity contribution >= 4 is 11.7 Å². The molecule has 1 amide bonds. The van der Waals surface area contributed by atoms with Crippen molar-refractivity contribution < 1.29 is 9.59 Å². The first kappa shape index (κ1) is 12.8. The normalized spacial score (nSPS) is 16.6. The highest BCUT2D eigenvalue weighted by Gasteiger charge is 2.19. The SMILES string of the molecule is CC(=O)c1cc(C(=O)NC2CCNCC2)n(C)c1. The molecule has 0 bridgehead atoms. The summed E-state index contributed by atoms with van der Waals surface area (Å²) in [5.41, 5.74) is 1.12. The lowest BCUT2D eigenvalue weighted by Crippen LogP contribution is -2.43. The van der Waals surface area contributed by atoms with Gasteiger partial charge in [-0.05, 0) is 38.9 Å². The summed E-state index contributed by atoms with van der Waals surface area (Å²) in [6, 6.07) is 1.88. The molecule has 1 aromatic rings. The molecule has 0 saturated carbocycles. The van der Waals surface area contributed by atoms with E-state index in [0.717, 1.165) is 25.9 Å². The Morgan fingerprint density at radius 1 is 1.39 bits per heavy atom. The van der Waals surface area contributed by atoms with Gasteiger partial charge in [0.05, 0.1) is 0 Å². The zero-order valence-corrected chi connectivity index (χ0v) is 10.8. The highest BCUT2D eigenvalue weighted by molar-refractivity contribution is 5.99. The van der Waals surface area contributed by atoms with Crippen LogP contribution in [0.5, 0.6) is 0 Å². The van der Waals surface area contributed by atoms with Crippen molar-refractivity contribution in [3.63, 3.8) is 0 Å². The fraction of sp³-hybridized carbons (Fsp3) is 0.538. The lowest BCUT2D eigenvalue weighted by Gasteiger charge is -2.23. The lowest BCUT2D eigenvalue weighted by atomic mass is 10.1. The van der Waals surface area contributed by atoms with Gasteiger partial charge >= 0.3 is 0 Å². The monoisotopic (exact) mass is 249 g/mol. The second-order valence-electron chi connectivity index (χ2n) is 4.78. The molecule has 5 heteroatoms. The Kier molecular flexibility index (Phi) is 3.81. The van der Waals surface area contributed by atoms with Crippen LogP contribution in [-0.2, 0) is 7.05 Å². The van der Waals surface area contributed by atoms with E-state index in [1.165, 1.54) is 6.92 Å². The van der Waals surface area contributed by atoms with Gasteiger partial charge in [0, 0.05) is 24.8 Å². The molecule has 0 radical (unpaired) electrons. The first-order valence-corrected chi connectivity index (χ1v) is 6.27. The third kappa shape index (κ3) is 2.79. The van der Waals surface area contributed by atoms with Gasteiger partial charge in [0.15, 0.2) is 5.78 Å². The fourth-order valence-electron chi connectivity index (χ4n) is 2.21. The van der Waals surface area contributed by atoms with Crippen molar-refractivity contribution in [1.29, 1.82) is 0 Å². The largest absolute Gasteiger partial charge is 0.348 e. The van der Waals surface area contributed by atoms with Crippen LogP contribution in [0, 0.1) is 0 Å². The molecule has 1 aliphatic heterocycles. The molecule has 0 atom stereocenters. The van der Waals surface area contributed by atoms with E-state index in [9.17, 15) is 9.59 Å². The summed E-state index contributed by atoms with van der Waals surface area (Å²) >= 11 is 0. The lowest BCUT2D eigenvalue weighted by molar-refractivity contribution is 0.0921. The summed E-state index contributed by atoms with van der Waals surface area (Å²) in [7, 11) is 1.78. The third-order valence-electron chi connectivity index (χ3n) is 3.32. The Morgan fingerprint density at radius 3 is 2.61 bits per heavy atom. The Bertz CT molecular complexity index is 459. The Morgan fingerprint density at radius 2 is 2.06 bits per heavy atom. The van der Waals surface area contributed by atoms with Crippen molar-refractivity contribution in [2.24, 2.45) is 7.05 Å². The van der Waals surface area contributed by atoms with Crippen molar-refractivity contribution in [3.8, 4) is 0 Å². The molecule has 0 aromatic carbocycles. The summed E-state index contributed by atoms with van der Waals surface area (Å²) < 4.78 is 1.70. The van der Waals surface area contributed by atoms with Crippen LogP contribution in [0.1, 0.15) is 40.6 Å². The van der Waals surface area contributed by atoms with Crippen LogP contribution in [0.25, 0.3) is 0 Å². The minimum atomic E-state index is -0.100. The van der Waals surface area contributed by atoms with E-state index in [1.807, 2.05) is 0 Å². The van der Waals surface area contributed by atoms with E-state index in [-0.39, 0.29) is 17.7 Å². The molecule has 0 spiro atoms. The van der Waals surface area contributed by atoms with Crippen LogP contribution in [0.3, 0.4) is 0 Å². The average Bonchev–Trinajstić information content (AvgIpc) is 2.73. The van der Waals surface area contributed by atoms with Gasteiger partial charge in [-0.25, -0.2) is 0 Å². The number of ketones is 1. The van der Waals surface area contributed by atoms with E-state index in [1.54, 1.807) is 23.9 Å². The Balaban J connectivity index is 2.06. The molecule has 1 aliphatic rings. The van der Waals surface area contributed by atoms with Crippen LogP contribution < -0.4 is 10.6 Å². The number of Topliss-reactive ketones (excluding diaryl/α,β-unsaturated/α-hetero) is 1. The molecule has 18 heavy (non-hydrogen) atoms. The molecule has 2 N–H and O–H groups in total. The number of hydrogen-bond acceptors (Lipinski definition) is 3. The average molecular weight is 249 g/mol. The topological polar surface area (TPSA) is 63.1 Å². The molecule has 1 fully saturated rings. The predicted molar refractivity (Wildman–Crippen MR) is 68.8 cm³/mol. The zero-order valence-electron chi connectivity index (χ0n) is 10.8. The maximum atomic E-state index is 12.1. The first-order chi connectivity index (χ1) is 8.58. The standard InChI is InChI=1S/C13H19N3O2/c1-9(17)10-7-12(16(2)8-10)13(18)15-11-3-5-14-6-4-11/h7-8,11,14H,3-6H2,1-2H3,(H,15,18). The van der Waals surface area contributed by atoms with Gasteiger partial charge in [0.2, 0.25) is 0 Å². The number of hydrogen-bond donors (Lipinski definition) is 2. The molecular weight excluding hydrogens is 230 g/mol. The van der Waals surface area contributed by atoms with Crippen LogP contribution in [0.4, 0.5) is 0 Å². The van der Waals surface area contributed by atoms with Gasteiger partial charge in [0.1, 0.15) is 5.69 Å². The maximum absolute atomic E-state index is 12.1. The highest BCUT2D eigenvalue weighted by atomic mass is 16.2. The summed E-state index contributed by atoms with van der Waals surface area (Å²) in [6.45, 7) is 3.39. The van der Waals surface area contributed by atoms with Crippen molar-refractivity contribution in [3.05, 3.63) is 23.5 Å². The smallest absolute Gasteiger partial charge is 0.268 e. The molecule has 0 unspecified atom stereocenters. The molecule has 1 saturated heterocycles. The number of aromatic nitrogens is 1. The van der Waals surface area contributed by atoms with Crippen LogP contribution in [0.15, 0.2) is 12.3 Å². The molecule has 1 aromatic heterocycles. The number of rotatable bonds is 3. The van der Waals surface area contributed by atoms with Crippen LogP contribution in [0.2, 0.25) is 0 Å². The number of aryl methyl sites for hydroxylation is 1. The third-order valence-corrected chi connectivity index (χ3v) is 3.32. The van der Waals surface area contributed by atoms with Gasteiger partial charge < -0.3 is 15.2 Å². The number of piperidine rings is 1. The van der Waals surface area contributed by atoms with E-state index in [2.05, 4.69) is 10.6 Å². The number of nitrogens with one attached hydrogen (secondary N) is 2. The van der Waals surface area contributed by atoms with E-state index >= 15 is 0 Å². The van der Waals surface area contributed by atoms with Crippen molar-refractivity contribution in [2.45, 2.75) is 25.8 Å². The quantitative estimate of drug-likeness (QED) is 0.775.